The summed E-state index contributed by atoms with van der Waals surface area (Å²) >= 11 is 8.99. The van der Waals surface area contributed by atoms with Crippen molar-refractivity contribution >= 4 is 78.8 Å². The van der Waals surface area contributed by atoms with Crippen molar-refractivity contribution in [2.45, 2.75) is 4.90 Å². The molecule has 0 atom stereocenters. The lowest BCUT2D eigenvalue weighted by Gasteiger charge is -2.07. The number of thiocarbonyl (C=S) groups is 2. The first kappa shape index (κ1) is 21.9. The standard InChI is InChI=1S/C16H10N2O6S4/c19-27(20,24-28(21,22)23)16-9-15(18-11-26)8-5-13(16)4-1-12-2-6-14(7-3-12)17-10-25/h1-9H,(H,21,22,23). The molecule has 8 nitrogen and oxygen atoms in total. The molecule has 0 saturated carbocycles. The molecule has 12 heteroatoms. The third-order valence-electron chi connectivity index (χ3n) is 3.14. The van der Waals surface area contributed by atoms with E-state index < -0.39 is 25.4 Å². The van der Waals surface area contributed by atoms with Gasteiger partial charge in [0.05, 0.1) is 21.7 Å². The lowest BCUT2D eigenvalue weighted by atomic mass is 10.1. The van der Waals surface area contributed by atoms with E-state index in [2.05, 4.69) is 48.4 Å². The highest BCUT2D eigenvalue weighted by molar-refractivity contribution is 7.97. The molecule has 0 spiro atoms. The van der Waals surface area contributed by atoms with Gasteiger partial charge in [0, 0.05) is 0 Å². The molecule has 0 saturated heterocycles. The van der Waals surface area contributed by atoms with Crippen molar-refractivity contribution < 1.29 is 25.0 Å². The predicted molar refractivity (Wildman–Crippen MR) is 111 cm³/mol. The van der Waals surface area contributed by atoms with Crippen LogP contribution in [0.1, 0.15) is 11.1 Å². The highest BCUT2D eigenvalue weighted by Crippen LogP contribution is 2.27. The van der Waals surface area contributed by atoms with Crippen LogP contribution in [-0.2, 0) is 24.1 Å². The molecule has 28 heavy (non-hydrogen) atoms. The van der Waals surface area contributed by atoms with Crippen molar-refractivity contribution in [1.82, 2.24) is 0 Å². The summed E-state index contributed by atoms with van der Waals surface area (Å²) in [5, 5.41) is 4.31. The molecule has 0 amide bonds. The Kier molecular flexibility index (Phi) is 7.19. The maximum atomic E-state index is 12.2. The van der Waals surface area contributed by atoms with Gasteiger partial charge in [-0.05, 0) is 59.8 Å². The number of hydrogen-bond acceptors (Lipinski definition) is 9. The maximum Gasteiger partial charge on any atom is 0.412 e. The SMILES string of the molecule is O=S(=O)(O)OS(=O)(=O)c1cc(N=C=S)ccc1C=Cc1ccc(N=C=S)cc1. The molecule has 0 aliphatic heterocycles. The first-order valence-corrected chi connectivity index (χ1v) is 10.7. The average molecular weight is 455 g/mol. The molecule has 2 rings (SSSR count). The second-order valence-electron chi connectivity index (χ2n) is 5.00. The number of nitrogens with zero attached hydrogens (tertiary/aromatic N) is 2. The van der Waals surface area contributed by atoms with Crippen molar-refractivity contribution in [3.63, 3.8) is 0 Å². The van der Waals surface area contributed by atoms with E-state index in [9.17, 15) is 16.8 Å². The first-order valence-electron chi connectivity index (χ1n) is 7.16. The molecule has 0 radical (unpaired) electrons. The van der Waals surface area contributed by atoms with Crippen LogP contribution in [-0.4, -0.2) is 31.7 Å². The van der Waals surface area contributed by atoms with Gasteiger partial charge in [-0.25, -0.2) is 0 Å². The Morgan fingerprint density at radius 1 is 0.893 bits per heavy atom. The number of hydrogen-bond donors (Lipinski definition) is 1. The van der Waals surface area contributed by atoms with Crippen LogP contribution >= 0.6 is 24.4 Å². The Labute approximate surface area is 172 Å². The van der Waals surface area contributed by atoms with Gasteiger partial charge in [0.25, 0.3) is 0 Å². The second-order valence-corrected chi connectivity index (χ2v) is 8.12. The van der Waals surface area contributed by atoms with Gasteiger partial charge in [0.1, 0.15) is 4.90 Å². The Balaban J connectivity index is 2.51. The predicted octanol–water partition coefficient (Wildman–Crippen LogP) is 3.83. The molecule has 0 aliphatic carbocycles. The Morgan fingerprint density at radius 2 is 1.46 bits per heavy atom. The minimum Gasteiger partial charge on any atom is -0.263 e. The van der Waals surface area contributed by atoms with E-state index in [1.165, 1.54) is 18.2 Å². The fraction of sp³-hybridized carbons (Fsp3) is 0. The molecule has 0 fully saturated rings. The van der Waals surface area contributed by atoms with Gasteiger partial charge in [-0.15, -0.1) is 3.63 Å². The highest BCUT2D eigenvalue weighted by Gasteiger charge is 2.25. The molecule has 2 aromatic rings. The smallest absolute Gasteiger partial charge is 0.263 e. The van der Waals surface area contributed by atoms with Crippen LogP contribution in [0, 0.1) is 0 Å². The van der Waals surface area contributed by atoms with E-state index in [4.69, 9.17) is 4.55 Å². The summed E-state index contributed by atoms with van der Waals surface area (Å²) in [6.45, 7) is 0. The van der Waals surface area contributed by atoms with Gasteiger partial charge in [-0.1, -0.05) is 30.4 Å². The van der Waals surface area contributed by atoms with Crippen molar-refractivity contribution in [2.75, 3.05) is 0 Å². The third kappa shape index (κ3) is 6.34. The van der Waals surface area contributed by atoms with E-state index in [1.54, 1.807) is 30.3 Å². The number of aliphatic imine (C=N–C) groups is 2. The minimum atomic E-state index is -5.25. The topological polar surface area (TPSA) is 122 Å². The van der Waals surface area contributed by atoms with Crippen molar-refractivity contribution in [3.05, 3.63) is 53.6 Å². The monoisotopic (exact) mass is 454 g/mol. The van der Waals surface area contributed by atoms with Crippen LogP contribution in [0.15, 0.2) is 57.3 Å². The van der Waals surface area contributed by atoms with Crippen LogP contribution < -0.4 is 0 Å². The van der Waals surface area contributed by atoms with Crippen LogP contribution in [0.4, 0.5) is 11.4 Å². The number of benzene rings is 2. The molecule has 0 unspecified atom stereocenters. The van der Waals surface area contributed by atoms with Crippen molar-refractivity contribution in [2.24, 2.45) is 9.98 Å². The van der Waals surface area contributed by atoms with E-state index in [1.807, 2.05) is 0 Å². The molecule has 1 N–H and O–H groups in total. The van der Waals surface area contributed by atoms with E-state index in [0.717, 1.165) is 6.07 Å². The largest absolute Gasteiger partial charge is 0.412 e. The molecular formula is C16H10N2O6S4. The lowest BCUT2D eigenvalue weighted by Crippen LogP contribution is -2.13. The summed E-state index contributed by atoms with van der Waals surface area (Å²) in [4.78, 5) is 6.93. The van der Waals surface area contributed by atoms with Gasteiger partial charge < -0.3 is 0 Å². The summed E-state index contributed by atoms with van der Waals surface area (Å²) < 4.78 is 58.8. The Hall–Kier alpha value is -2.40. The minimum absolute atomic E-state index is 0.0907. The molecule has 144 valence electrons. The highest BCUT2D eigenvalue weighted by atomic mass is 32.3. The summed E-state index contributed by atoms with van der Waals surface area (Å²) in [6.07, 6.45) is 3.00. The summed E-state index contributed by atoms with van der Waals surface area (Å²) in [5.41, 5.74) is 1.49. The Morgan fingerprint density at radius 3 is 2.04 bits per heavy atom. The molecule has 0 aliphatic rings. The normalized spacial score (nSPS) is 11.6. The fourth-order valence-electron chi connectivity index (χ4n) is 2.05. The van der Waals surface area contributed by atoms with Gasteiger partial charge in [-0.3, -0.25) is 4.55 Å². The maximum absolute atomic E-state index is 12.2. The zero-order valence-electron chi connectivity index (χ0n) is 13.7. The Bertz CT molecular complexity index is 1220. The fourth-order valence-corrected chi connectivity index (χ4v) is 4.15. The van der Waals surface area contributed by atoms with Gasteiger partial charge in [-0.2, -0.15) is 26.8 Å². The molecule has 0 heterocycles. The average Bonchev–Trinajstić information content (AvgIpc) is 2.60. The van der Waals surface area contributed by atoms with Crippen molar-refractivity contribution in [3.8, 4) is 0 Å². The van der Waals surface area contributed by atoms with E-state index in [-0.39, 0.29) is 11.3 Å². The lowest BCUT2D eigenvalue weighted by molar-refractivity contribution is 0.383. The molecule has 2 aromatic carbocycles. The molecule has 0 bridgehead atoms. The van der Waals surface area contributed by atoms with Crippen LogP contribution in [0.2, 0.25) is 0 Å². The van der Waals surface area contributed by atoms with Gasteiger partial charge >= 0.3 is 20.5 Å². The van der Waals surface area contributed by atoms with E-state index >= 15 is 0 Å². The summed E-state index contributed by atoms with van der Waals surface area (Å²) in [7, 11) is -10.1. The number of rotatable bonds is 7. The van der Waals surface area contributed by atoms with Gasteiger partial charge in [0.2, 0.25) is 0 Å². The zero-order valence-corrected chi connectivity index (χ0v) is 17.0. The van der Waals surface area contributed by atoms with Crippen molar-refractivity contribution in [1.29, 1.82) is 0 Å². The van der Waals surface area contributed by atoms with Crippen LogP contribution in [0.25, 0.3) is 12.2 Å². The first-order chi connectivity index (χ1) is 13.1. The zero-order chi connectivity index (χ0) is 20.8. The summed E-state index contributed by atoms with van der Waals surface area (Å²) in [6, 6.07) is 10.6. The van der Waals surface area contributed by atoms with E-state index in [0.29, 0.717) is 11.3 Å². The quantitative estimate of drug-likeness (QED) is 0.290. The third-order valence-corrected chi connectivity index (χ3v) is 5.62. The summed E-state index contributed by atoms with van der Waals surface area (Å²) in [5.74, 6) is 0. The number of isothiocyanates is 2. The van der Waals surface area contributed by atoms with Gasteiger partial charge in [0.15, 0.2) is 0 Å². The molecule has 0 aromatic heterocycles. The molecular weight excluding hydrogens is 444 g/mol. The second kappa shape index (κ2) is 9.20. The van der Waals surface area contributed by atoms with Crippen LogP contribution in [0.3, 0.4) is 0 Å². The van der Waals surface area contributed by atoms with Crippen LogP contribution in [0.5, 0.6) is 0 Å².